The van der Waals surface area contributed by atoms with Crippen LogP contribution >= 0.6 is 0 Å². The van der Waals surface area contributed by atoms with Crippen molar-refractivity contribution in [3.05, 3.63) is 12.3 Å². The average molecular weight is 215 g/mol. The number of esters is 2. The number of hydrogen-bond acceptors (Lipinski definition) is 5. The SMILES string of the molecule is CCOC(=O)/C=C/NC(C)COC(C)=O. The molecule has 0 aliphatic carbocycles. The van der Waals surface area contributed by atoms with Crippen molar-refractivity contribution in [3.8, 4) is 0 Å². The van der Waals surface area contributed by atoms with E-state index in [1.807, 2.05) is 6.92 Å². The summed E-state index contributed by atoms with van der Waals surface area (Å²) in [7, 11) is 0. The van der Waals surface area contributed by atoms with Gasteiger partial charge in [0.2, 0.25) is 0 Å². The van der Waals surface area contributed by atoms with Crippen molar-refractivity contribution in [1.82, 2.24) is 5.32 Å². The normalized spacial score (nSPS) is 12.2. The zero-order valence-corrected chi connectivity index (χ0v) is 9.28. The second-order valence-corrected chi connectivity index (χ2v) is 2.96. The molecule has 1 atom stereocenters. The van der Waals surface area contributed by atoms with Crippen LogP contribution in [0, 0.1) is 0 Å². The molecule has 0 bridgehead atoms. The molecule has 0 aliphatic rings. The van der Waals surface area contributed by atoms with Crippen molar-refractivity contribution in [1.29, 1.82) is 0 Å². The molecule has 0 aromatic rings. The molecule has 0 radical (unpaired) electrons. The summed E-state index contributed by atoms with van der Waals surface area (Å²) in [5.74, 6) is -0.720. The molecule has 0 amide bonds. The Morgan fingerprint density at radius 2 is 2.07 bits per heavy atom. The first-order valence-electron chi connectivity index (χ1n) is 4.79. The highest BCUT2D eigenvalue weighted by Gasteiger charge is 2.01. The lowest BCUT2D eigenvalue weighted by Gasteiger charge is -2.10. The Morgan fingerprint density at radius 1 is 1.40 bits per heavy atom. The Bertz CT molecular complexity index is 238. The number of ether oxygens (including phenoxy) is 2. The van der Waals surface area contributed by atoms with E-state index in [0.29, 0.717) is 6.61 Å². The number of hydrogen-bond donors (Lipinski definition) is 1. The average Bonchev–Trinajstić information content (AvgIpc) is 2.15. The van der Waals surface area contributed by atoms with Gasteiger partial charge in [0.25, 0.3) is 0 Å². The van der Waals surface area contributed by atoms with E-state index in [1.165, 1.54) is 19.2 Å². The van der Waals surface area contributed by atoms with Gasteiger partial charge in [-0.25, -0.2) is 4.79 Å². The Balaban J connectivity index is 3.65. The maximum absolute atomic E-state index is 10.9. The minimum Gasteiger partial charge on any atom is -0.464 e. The van der Waals surface area contributed by atoms with Crippen LogP contribution in [-0.2, 0) is 19.1 Å². The molecule has 0 saturated carbocycles. The van der Waals surface area contributed by atoms with Crippen LogP contribution in [0.4, 0.5) is 0 Å². The number of carbonyl (C=O) groups excluding carboxylic acids is 2. The second-order valence-electron chi connectivity index (χ2n) is 2.96. The Kier molecular flexibility index (Phi) is 7.05. The second kappa shape index (κ2) is 7.84. The maximum Gasteiger partial charge on any atom is 0.332 e. The summed E-state index contributed by atoms with van der Waals surface area (Å²) in [5.41, 5.74) is 0. The van der Waals surface area contributed by atoms with Crippen molar-refractivity contribution < 1.29 is 19.1 Å². The highest BCUT2D eigenvalue weighted by atomic mass is 16.5. The summed E-state index contributed by atoms with van der Waals surface area (Å²) >= 11 is 0. The third kappa shape index (κ3) is 8.80. The molecule has 0 fully saturated rings. The zero-order valence-electron chi connectivity index (χ0n) is 9.28. The molecule has 5 heteroatoms. The minimum absolute atomic E-state index is 0.0421. The Labute approximate surface area is 89.4 Å². The van der Waals surface area contributed by atoms with Crippen LogP contribution in [0.2, 0.25) is 0 Å². The van der Waals surface area contributed by atoms with Crippen LogP contribution < -0.4 is 5.32 Å². The molecule has 0 aliphatic heterocycles. The summed E-state index contributed by atoms with van der Waals surface area (Å²) in [6.07, 6.45) is 2.76. The lowest BCUT2D eigenvalue weighted by atomic mass is 10.4. The van der Waals surface area contributed by atoms with Gasteiger partial charge in [0.15, 0.2) is 0 Å². The first-order valence-corrected chi connectivity index (χ1v) is 4.79. The highest BCUT2D eigenvalue weighted by molar-refractivity contribution is 5.81. The molecule has 1 unspecified atom stereocenters. The van der Waals surface area contributed by atoms with Gasteiger partial charge < -0.3 is 14.8 Å². The first-order chi connectivity index (χ1) is 7.06. The van der Waals surface area contributed by atoms with Gasteiger partial charge in [-0.15, -0.1) is 0 Å². The Hall–Kier alpha value is -1.52. The van der Waals surface area contributed by atoms with E-state index in [1.54, 1.807) is 6.92 Å². The molecule has 86 valence electrons. The van der Waals surface area contributed by atoms with Crippen LogP contribution in [0.3, 0.4) is 0 Å². The first kappa shape index (κ1) is 13.5. The molecular formula is C10H17NO4. The van der Waals surface area contributed by atoms with E-state index in [9.17, 15) is 9.59 Å². The summed E-state index contributed by atoms with van der Waals surface area (Å²) < 4.78 is 9.43. The molecular weight excluding hydrogens is 198 g/mol. The zero-order chi connectivity index (χ0) is 11.7. The molecule has 15 heavy (non-hydrogen) atoms. The van der Waals surface area contributed by atoms with E-state index >= 15 is 0 Å². The molecule has 0 spiro atoms. The van der Waals surface area contributed by atoms with Crippen LogP contribution in [-0.4, -0.2) is 31.2 Å². The molecule has 0 aromatic heterocycles. The van der Waals surface area contributed by atoms with Gasteiger partial charge in [0, 0.05) is 19.2 Å². The van der Waals surface area contributed by atoms with Gasteiger partial charge in [0.1, 0.15) is 6.61 Å². The number of rotatable bonds is 6. The molecule has 0 rings (SSSR count). The summed E-state index contributed by atoms with van der Waals surface area (Å²) in [6.45, 7) is 5.54. The van der Waals surface area contributed by atoms with Crippen LogP contribution in [0.25, 0.3) is 0 Å². The predicted octanol–water partition coefficient (Wildman–Crippen LogP) is 0.604. The fraction of sp³-hybridized carbons (Fsp3) is 0.600. The van der Waals surface area contributed by atoms with Gasteiger partial charge in [-0.05, 0) is 13.8 Å². The van der Waals surface area contributed by atoms with Crippen LogP contribution in [0.1, 0.15) is 20.8 Å². The van der Waals surface area contributed by atoms with Crippen molar-refractivity contribution in [3.63, 3.8) is 0 Å². The van der Waals surface area contributed by atoms with Crippen LogP contribution in [0.5, 0.6) is 0 Å². The highest BCUT2D eigenvalue weighted by Crippen LogP contribution is 1.86. The van der Waals surface area contributed by atoms with E-state index in [0.717, 1.165) is 0 Å². The lowest BCUT2D eigenvalue weighted by Crippen LogP contribution is -2.27. The van der Waals surface area contributed by atoms with E-state index in [-0.39, 0.29) is 18.6 Å². The lowest BCUT2D eigenvalue weighted by molar-refractivity contribution is -0.141. The van der Waals surface area contributed by atoms with Crippen molar-refractivity contribution >= 4 is 11.9 Å². The third-order valence-corrected chi connectivity index (χ3v) is 1.42. The number of nitrogens with one attached hydrogen (secondary N) is 1. The van der Waals surface area contributed by atoms with E-state index < -0.39 is 5.97 Å². The summed E-state index contributed by atoms with van der Waals surface area (Å²) in [6, 6.07) is -0.0421. The molecule has 5 nitrogen and oxygen atoms in total. The maximum atomic E-state index is 10.9. The minimum atomic E-state index is -0.398. The van der Waals surface area contributed by atoms with Gasteiger partial charge in [-0.1, -0.05) is 0 Å². The van der Waals surface area contributed by atoms with Gasteiger partial charge in [0.05, 0.1) is 12.6 Å². The molecule has 0 heterocycles. The van der Waals surface area contributed by atoms with Crippen LogP contribution in [0.15, 0.2) is 12.3 Å². The fourth-order valence-corrected chi connectivity index (χ4v) is 0.761. The molecule has 0 aromatic carbocycles. The van der Waals surface area contributed by atoms with E-state index in [2.05, 4.69) is 10.1 Å². The van der Waals surface area contributed by atoms with Gasteiger partial charge >= 0.3 is 11.9 Å². The Morgan fingerprint density at radius 3 is 2.60 bits per heavy atom. The van der Waals surface area contributed by atoms with Crippen molar-refractivity contribution in [2.75, 3.05) is 13.2 Å². The van der Waals surface area contributed by atoms with Gasteiger partial charge in [-0.2, -0.15) is 0 Å². The molecule has 0 saturated heterocycles. The monoisotopic (exact) mass is 215 g/mol. The van der Waals surface area contributed by atoms with Crippen molar-refractivity contribution in [2.24, 2.45) is 0 Å². The summed E-state index contributed by atoms with van der Waals surface area (Å²) in [5, 5.41) is 2.87. The standard InChI is InChI=1S/C10H17NO4/c1-4-14-10(13)5-6-11-8(2)7-15-9(3)12/h5-6,8,11H,4,7H2,1-3H3/b6-5+. The fourth-order valence-electron chi connectivity index (χ4n) is 0.761. The summed E-state index contributed by atoms with van der Waals surface area (Å²) in [4.78, 5) is 21.3. The number of carbonyl (C=O) groups is 2. The third-order valence-electron chi connectivity index (χ3n) is 1.42. The van der Waals surface area contributed by atoms with Gasteiger partial charge in [-0.3, -0.25) is 4.79 Å². The van der Waals surface area contributed by atoms with E-state index in [4.69, 9.17) is 4.74 Å². The quantitative estimate of drug-likeness (QED) is 0.519. The molecule has 1 N–H and O–H groups in total. The smallest absolute Gasteiger partial charge is 0.332 e. The van der Waals surface area contributed by atoms with Crippen molar-refractivity contribution in [2.45, 2.75) is 26.8 Å². The largest absolute Gasteiger partial charge is 0.464 e. The predicted molar refractivity (Wildman–Crippen MR) is 55.0 cm³/mol. The topological polar surface area (TPSA) is 64.6 Å².